The van der Waals surface area contributed by atoms with E-state index in [1.807, 2.05) is 6.92 Å². The van der Waals surface area contributed by atoms with E-state index in [-0.39, 0.29) is 11.6 Å². The van der Waals surface area contributed by atoms with Crippen molar-refractivity contribution >= 4 is 5.97 Å². The molecule has 0 bridgehead atoms. The van der Waals surface area contributed by atoms with Crippen molar-refractivity contribution in [3.63, 3.8) is 0 Å². The maximum atomic E-state index is 12.7. The number of fused-ring (bicyclic) bond motifs is 1. The van der Waals surface area contributed by atoms with Gasteiger partial charge in [-0.05, 0) is 100 Å². The van der Waals surface area contributed by atoms with Crippen LogP contribution in [0, 0.1) is 44.4 Å². The molecule has 0 aliphatic carbocycles. The first-order valence-corrected chi connectivity index (χ1v) is 16.0. The largest absolute Gasteiger partial charge is 0.487 e. The average molecular weight is 544 g/mol. The summed E-state index contributed by atoms with van der Waals surface area (Å²) < 4.78 is 12.6. The molecule has 39 heavy (non-hydrogen) atoms. The van der Waals surface area contributed by atoms with Crippen molar-refractivity contribution < 1.29 is 14.3 Å². The third kappa shape index (κ3) is 10.4. The summed E-state index contributed by atoms with van der Waals surface area (Å²) in [5.74, 6) is 4.15. The summed E-state index contributed by atoms with van der Waals surface area (Å²) in [5, 5.41) is 0. The highest BCUT2D eigenvalue weighted by molar-refractivity contribution is 5.79. The van der Waals surface area contributed by atoms with Gasteiger partial charge in [-0.25, -0.2) is 4.79 Å². The summed E-state index contributed by atoms with van der Waals surface area (Å²) in [7, 11) is 0. The lowest BCUT2D eigenvalue weighted by atomic mass is 9.83. The molecule has 0 saturated heterocycles. The Bertz CT molecular complexity index is 921. The summed E-state index contributed by atoms with van der Waals surface area (Å²) in [4.78, 5) is 12.7. The number of esters is 1. The number of nitrogens with two attached hydrogens (primary N) is 1. The van der Waals surface area contributed by atoms with Crippen molar-refractivity contribution in [2.45, 2.75) is 158 Å². The summed E-state index contributed by atoms with van der Waals surface area (Å²) in [6.07, 6.45) is 14.3. The van der Waals surface area contributed by atoms with E-state index < -0.39 is 6.04 Å². The van der Waals surface area contributed by atoms with Crippen LogP contribution in [0.4, 0.5) is 0 Å². The Balaban J connectivity index is 1.89. The first-order chi connectivity index (χ1) is 18.2. The first-order valence-electron chi connectivity index (χ1n) is 16.0. The number of carbonyl (C=O) groups is 1. The zero-order valence-electron chi connectivity index (χ0n) is 27.2. The van der Waals surface area contributed by atoms with Crippen LogP contribution in [0.5, 0.6) is 11.5 Å². The van der Waals surface area contributed by atoms with E-state index in [0.29, 0.717) is 18.1 Å². The van der Waals surface area contributed by atoms with Crippen molar-refractivity contribution in [1.29, 1.82) is 0 Å². The van der Waals surface area contributed by atoms with Crippen LogP contribution in [0.25, 0.3) is 0 Å². The average Bonchev–Trinajstić information content (AvgIpc) is 2.84. The standard InChI is InChI=1S/C35H61NO3/c1-23(2)14-11-15-25(5)16-12-17-26(6)18-13-20-35(10)21-19-30-29(9)32(27(7)28(8)33(30)39-35)38-34(37)31(36)22-24(3)4/h23-26,31H,11-22,36H2,1-10H3/t25-,26-,31?,35-/m1/s1. The second kappa shape index (κ2) is 15.5. The molecule has 2 rings (SSSR count). The Kier molecular flexibility index (Phi) is 13.3. The smallest absolute Gasteiger partial charge is 0.328 e. The summed E-state index contributed by atoms with van der Waals surface area (Å²) in [6, 6.07) is -0.597. The molecule has 0 aromatic heterocycles. The Hall–Kier alpha value is -1.55. The summed E-state index contributed by atoms with van der Waals surface area (Å²) >= 11 is 0. The van der Waals surface area contributed by atoms with E-state index in [1.54, 1.807) is 0 Å². The maximum absolute atomic E-state index is 12.7. The Labute approximate surface area is 241 Å². The monoisotopic (exact) mass is 543 g/mol. The van der Waals surface area contributed by atoms with Crippen molar-refractivity contribution in [1.82, 2.24) is 0 Å². The van der Waals surface area contributed by atoms with Crippen molar-refractivity contribution in [3.8, 4) is 11.5 Å². The molecule has 0 spiro atoms. The van der Waals surface area contributed by atoms with Gasteiger partial charge in [0.2, 0.25) is 0 Å². The van der Waals surface area contributed by atoms with Crippen molar-refractivity contribution in [2.24, 2.45) is 29.4 Å². The minimum atomic E-state index is -0.597. The van der Waals surface area contributed by atoms with E-state index in [0.717, 1.165) is 59.5 Å². The summed E-state index contributed by atoms with van der Waals surface area (Å²) in [6.45, 7) is 22.1. The minimum Gasteiger partial charge on any atom is -0.487 e. The first kappa shape index (κ1) is 33.7. The van der Waals surface area contributed by atoms with Crippen LogP contribution in [-0.4, -0.2) is 17.6 Å². The van der Waals surface area contributed by atoms with Crippen molar-refractivity contribution in [3.05, 3.63) is 22.3 Å². The predicted octanol–water partition coefficient (Wildman–Crippen LogP) is 9.41. The van der Waals surface area contributed by atoms with Gasteiger partial charge in [0.25, 0.3) is 0 Å². The fourth-order valence-electron chi connectivity index (χ4n) is 6.19. The Morgan fingerprint density at radius 2 is 1.41 bits per heavy atom. The molecule has 0 amide bonds. The number of rotatable bonds is 16. The van der Waals surface area contributed by atoms with Crippen molar-refractivity contribution in [2.75, 3.05) is 0 Å². The molecule has 1 aromatic rings. The maximum Gasteiger partial charge on any atom is 0.328 e. The van der Waals surface area contributed by atoms with E-state index in [9.17, 15) is 4.79 Å². The van der Waals surface area contributed by atoms with Gasteiger partial charge in [0.1, 0.15) is 23.1 Å². The molecular weight excluding hydrogens is 482 g/mol. The third-order valence-corrected chi connectivity index (χ3v) is 9.07. The normalized spacial score (nSPS) is 19.5. The number of hydrogen-bond acceptors (Lipinski definition) is 4. The van der Waals surface area contributed by atoms with E-state index in [1.165, 1.54) is 56.9 Å². The molecule has 1 aliphatic heterocycles. The molecule has 0 saturated carbocycles. The molecule has 1 unspecified atom stereocenters. The number of benzene rings is 1. The zero-order valence-corrected chi connectivity index (χ0v) is 27.2. The highest BCUT2D eigenvalue weighted by Crippen LogP contribution is 2.45. The molecule has 224 valence electrons. The second-order valence-corrected chi connectivity index (χ2v) is 14.1. The van der Waals surface area contributed by atoms with Crippen LogP contribution in [0.1, 0.15) is 141 Å². The molecular formula is C35H61NO3. The zero-order chi connectivity index (χ0) is 29.3. The van der Waals surface area contributed by atoms with Gasteiger partial charge >= 0.3 is 5.97 Å². The van der Waals surface area contributed by atoms with E-state index in [4.69, 9.17) is 15.2 Å². The molecule has 4 heteroatoms. The molecule has 4 atom stereocenters. The van der Waals surface area contributed by atoms with Gasteiger partial charge < -0.3 is 15.2 Å². The van der Waals surface area contributed by atoms with Crippen LogP contribution < -0.4 is 15.2 Å². The summed E-state index contributed by atoms with van der Waals surface area (Å²) in [5.41, 5.74) is 10.2. The van der Waals surface area contributed by atoms with Crippen LogP contribution >= 0.6 is 0 Å². The van der Waals surface area contributed by atoms with E-state index >= 15 is 0 Å². The third-order valence-electron chi connectivity index (χ3n) is 9.07. The molecule has 1 heterocycles. The molecule has 4 nitrogen and oxygen atoms in total. The van der Waals surface area contributed by atoms with Crippen LogP contribution in [0.2, 0.25) is 0 Å². The fraction of sp³-hybridized carbons (Fsp3) is 0.800. The number of ether oxygens (including phenoxy) is 2. The predicted molar refractivity (Wildman–Crippen MR) is 166 cm³/mol. The minimum absolute atomic E-state index is 0.140. The highest BCUT2D eigenvalue weighted by atomic mass is 16.5. The van der Waals surface area contributed by atoms with E-state index in [2.05, 4.69) is 62.3 Å². The van der Waals surface area contributed by atoms with Gasteiger partial charge in [-0.15, -0.1) is 0 Å². The number of hydrogen-bond donors (Lipinski definition) is 1. The molecule has 0 fully saturated rings. The van der Waals surface area contributed by atoms with Gasteiger partial charge in [0, 0.05) is 5.56 Å². The van der Waals surface area contributed by atoms with Crippen LogP contribution in [-0.2, 0) is 11.2 Å². The van der Waals surface area contributed by atoms with Gasteiger partial charge in [-0.2, -0.15) is 0 Å². The second-order valence-electron chi connectivity index (χ2n) is 14.1. The molecule has 0 radical (unpaired) electrons. The van der Waals surface area contributed by atoms with Gasteiger partial charge in [0.15, 0.2) is 0 Å². The lowest BCUT2D eigenvalue weighted by Gasteiger charge is -2.38. The van der Waals surface area contributed by atoms with Crippen LogP contribution in [0.15, 0.2) is 0 Å². The van der Waals surface area contributed by atoms with Gasteiger partial charge in [-0.3, -0.25) is 0 Å². The Morgan fingerprint density at radius 3 is 1.97 bits per heavy atom. The molecule has 2 N–H and O–H groups in total. The molecule has 1 aliphatic rings. The lowest BCUT2D eigenvalue weighted by Crippen LogP contribution is -2.38. The lowest BCUT2D eigenvalue weighted by molar-refractivity contribution is -0.136. The molecule has 1 aromatic carbocycles. The van der Waals surface area contributed by atoms with Crippen LogP contribution in [0.3, 0.4) is 0 Å². The topological polar surface area (TPSA) is 61.5 Å². The van der Waals surface area contributed by atoms with Gasteiger partial charge in [0.05, 0.1) is 0 Å². The highest BCUT2D eigenvalue weighted by Gasteiger charge is 2.35. The SMILES string of the molecule is Cc1c(C)c2c(c(C)c1OC(=O)C(N)CC(C)C)CC[C@@](C)(CCC[C@H](C)CCC[C@H](C)CCCC(C)C)O2. The fourth-order valence-corrected chi connectivity index (χ4v) is 6.19. The number of carbonyl (C=O) groups excluding carboxylic acids is 1. The quantitative estimate of drug-likeness (QED) is 0.167. The Morgan fingerprint density at radius 1 is 0.846 bits per heavy atom. The van der Waals surface area contributed by atoms with Gasteiger partial charge in [-0.1, -0.05) is 86.5 Å².